The van der Waals surface area contributed by atoms with E-state index in [-0.39, 0.29) is 0 Å². The molecule has 0 bridgehead atoms. The molecule has 55 heavy (non-hydrogen) atoms. The van der Waals surface area contributed by atoms with E-state index in [0.29, 0.717) is 17.5 Å². The first kappa shape index (κ1) is 31.1. The molecule has 11 aromatic rings. The van der Waals surface area contributed by atoms with Crippen LogP contribution in [0.2, 0.25) is 0 Å². The molecule has 0 fully saturated rings. The van der Waals surface area contributed by atoms with Crippen LogP contribution in [0.5, 0.6) is 0 Å². The molecule has 0 unspecified atom stereocenters. The summed E-state index contributed by atoms with van der Waals surface area (Å²) in [6.45, 7) is 0. The van der Waals surface area contributed by atoms with Gasteiger partial charge in [-0.15, -0.1) is 0 Å². The van der Waals surface area contributed by atoms with Crippen LogP contribution in [0.1, 0.15) is 0 Å². The lowest BCUT2D eigenvalue weighted by Gasteiger charge is -2.18. The second-order valence-corrected chi connectivity index (χ2v) is 14.0. The Kier molecular flexibility index (Phi) is 7.14. The van der Waals surface area contributed by atoms with E-state index in [0.717, 1.165) is 44.3 Å². The van der Waals surface area contributed by atoms with Crippen molar-refractivity contribution in [2.24, 2.45) is 0 Å². The van der Waals surface area contributed by atoms with Gasteiger partial charge in [-0.3, -0.25) is 0 Å². The quantitative estimate of drug-likeness (QED) is 0.179. The van der Waals surface area contributed by atoms with Crippen LogP contribution in [0.4, 0.5) is 0 Å². The third kappa shape index (κ3) is 5.11. The summed E-state index contributed by atoms with van der Waals surface area (Å²) in [5, 5.41) is 9.52. The van der Waals surface area contributed by atoms with Crippen molar-refractivity contribution in [2.75, 3.05) is 0 Å². The Balaban J connectivity index is 1.28. The topological polar surface area (TPSA) is 43.6 Å². The minimum Gasteiger partial charge on any atom is -0.308 e. The van der Waals surface area contributed by atoms with E-state index < -0.39 is 0 Å². The molecule has 0 saturated heterocycles. The third-order valence-electron chi connectivity index (χ3n) is 10.8. The van der Waals surface area contributed by atoms with Crippen LogP contribution in [-0.4, -0.2) is 19.5 Å². The van der Waals surface area contributed by atoms with Gasteiger partial charge < -0.3 is 4.57 Å². The van der Waals surface area contributed by atoms with E-state index in [9.17, 15) is 0 Å². The Morgan fingerprint density at radius 1 is 0.327 bits per heavy atom. The summed E-state index contributed by atoms with van der Waals surface area (Å²) < 4.78 is 2.50. The van der Waals surface area contributed by atoms with E-state index >= 15 is 0 Å². The van der Waals surface area contributed by atoms with Crippen LogP contribution in [0.25, 0.3) is 105 Å². The van der Waals surface area contributed by atoms with E-state index in [1.165, 1.54) is 43.4 Å². The summed E-state index contributed by atoms with van der Waals surface area (Å²) in [4.78, 5) is 15.4. The molecule has 0 aliphatic rings. The Hall–Kier alpha value is -7.43. The first-order chi connectivity index (χ1) is 27.3. The standard InChI is InChI=1S/C51H32N4/c1-4-15-33(16-5-1)39-25-14-26-41-43(51-53-49(35-18-6-2-7-19-35)52-50(54-51)36-20-8-3-9-21-36)29-30-45(47(39)41)55-46-32-38-23-11-10-22-37(38)31-44(46)42-28-27-34-17-12-13-24-40(34)48(42)55/h1-32H. The molecule has 4 heteroatoms. The largest absolute Gasteiger partial charge is 0.308 e. The number of hydrogen-bond acceptors (Lipinski definition) is 3. The van der Waals surface area contributed by atoms with Crippen molar-refractivity contribution >= 4 is 54.1 Å². The smallest absolute Gasteiger partial charge is 0.164 e. The molecule has 0 aliphatic heterocycles. The fourth-order valence-corrected chi connectivity index (χ4v) is 8.27. The van der Waals surface area contributed by atoms with E-state index in [1.54, 1.807) is 0 Å². The maximum Gasteiger partial charge on any atom is 0.164 e. The predicted octanol–water partition coefficient (Wildman–Crippen LogP) is 13.1. The lowest BCUT2D eigenvalue weighted by Crippen LogP contribution is -2.02. The van der Waals surface area contributed by atoms with Crippen molar-refractivity contribution in [3.8, 4) is 51.0 Å². The highest BCUT2D eigenvalue weighted by molar-refractivity contribution is 6.22. The molecule has 0 saturated carbocycles. The zero-order valence-corrected chi connectivity index (χ0v) is 29.8. The van der Waals surface area contributed by atoms with Gasteiger partial charge in [0, 0.05) is 38.2 Å². The number of aromatic nitrogens is 4. The third-order valence-corrected chi connectivity index (χ3v) is 10.8. The highest BCUT2D eigenvalue weighted by atomic mass is 15.0. The van der Waals surface area contributed by atoms with Crippen LogP contribution < -0.4 is 0 Å². The van der Waals surface area contributed by atoms with E-state index in [2.05, 4.69) is 162 Å². The molecule has 0 aliphatic carbocycles. The van der Waals surface area contributed by atoms with Gasteiger partial charge >= 0.3 is 0 Å². The van der Waals surface area contributed by atoms with Crippen LogP contribution in [0, 0.1) is 0 Å². The van der Waals surface area contributed by atoms with Gasteiger partial charge in [0.2, 0.25) is 0 Å². The minimum atomic E-state index is 0.633. The molecule has 0 spiro atoms. The molecule has 256 valence electrons. The summed E-state index contributed by atoms with van der Waals surface area (Å²) in [7, 11) is 0. The average molecular weight is 701 g/mol. The fraction of sp³-hybridized carbons (Fsp3) is 0. The van der Waals surface area contributed by atoms with Gasteiger partial charge in [0.05, 0.1) is 16.7 Å². The molecule has 2 heterocycles. The fourth-order valence-electron chi connectivity index (χ4n) is 8.27. The van der Waals surface area contributed by atoms with Crippen molar-refractivity contribution in [1.82, 2.24) is 19.5 Å². The number of fused-ring (bicyclic) bond motifs is 7. The van der Waals surface area contributed by atoms with E-state index in [4.69, 9.17) is 15.0 Å². The Morgan fingerprint density at radius 2 is 0.891 bits per heavy atom. The molecule has 0 amide bonds. The highest BCUT2D eigenvalue weighted by Crippen LogP contribution is 2.44. The maximum absolute atomic E-state index is 5.19. The number of nitrogens with zero attached hydrogens (tertiary/aromatic N) is 4. The summed E-state index contributed by atoms with van der Waals surface area (Å²) in [6.07, 6.45) is 0. The number of rotatable bonds is 5. The second-order valence-electron chi connectivity index (χ2n) is 14.0. The monoisotopic (exact) mass is 700 g/mol. The summed E-state index contributed by atoms with van der Waals surface area (Å²) in [6, 6.07) is 68.8. The van der Waals surface area contributed by atoms with Crippen molar-refractivity contribution in [3.63, 3.8) is 0 Å². The zero-order chi connectivity index (χ0) is 36.3. The van der Waals surface area contributed by atoms with Gasteiger partial charge in [-0.25, -0.2) is 15.0 Å². The van der Waals surface area contributed by atoms with Gasteiger partial charge in [-0.05, 0) is 56.9 Å². The van der Waals surface area contributed by atoms with Gasteiger partial charge in [-0.1, -0.05) is 170 Å². The van der Waals surface area contributed by atoms with Gasteiger partial charge in [0.1, 0.15) is 0 Å². The minimum absolute atomic E-state index is 0.633. The summed E-state index contributed by atoms with van der Waals surface area (Å²) in [5.41, 5.74) is 8.59. The van der Waals surface area contributed by atoms with E-state index in [1.807, 2.05) is 36.4 Å². The van der Waals surface area contributed by atoms with Crippen LogP contribution in [-0.2, 0) is 0 Å². The summed E-state index contributed by atoms with van der Waals surface area (Å²) in [5.74, 6) is 1.91. The SMILES string of the molecule is c1ccc(-c2nc(-c3ccccc3)nc(-c3ccc(-n4c5cc6ccccc6cc5c5ccc6ccccc6c54)c4c(-c5ccccc5)cccc34)n2)cc1. The molecule has 0 atom stereocenters. The van der Waals surface area contributed by atoms with Crippen LogP contribution in [0.3, 0.4) is 0 Å². The number of benzene rings is 9. The molecule has 0 radical (unpaired) electrons. The second kappa shape index (κ2) is 12.6. The lowest BCUT2D eigenvalue weighted by molar-refractivity contribution is 1.08. The Morgan fingerprint density at radius 3 is 1.58 bits per heavy atom. The van der Waals surface area contributed by atoms with Crippen molar-refractivity contribution in [2.45, 2.75) is 0 Å². The van der Waals surface area contributed by atoms with Crippen molar-refractivity contribution in [3.05, 3.63) is 194 Å². The highest BCUT2D eigenvalue weighted by Gasteiger charge is 2.22. The van der Waals surface area contributed by atoms with Crippen molar-refractivity contribution in [1.29, 1.82) is 0 Å². The Labute approximate surface area is 317 Å². The maximum atomic E-state index is 5.19. The molecule has 11 rings (SSSR count). The first-order valence-electron chi connectivity index (χ1n) is 18.6. The van der Waals surface area contributed by atoms with Gasteiger partial charge in [0.15, 0.2) is 17.5 Å². The number of hydrogen-bond donors (Lipinski definition) is 0. The summed E-state index contributed by atoms with van der Waals surface area (Å²) >= 11 is 0. The molecule has 4 nitrogen and oxygen atoms in total. The molecule has 9 aromatic carbocycles. The van der Waals surface area contributed by atoms with Crippen LogP contribution >= 0.6 is 0 Å². The van der Waals surface area contributed by atoms with Gasteiger partial charge in [0.25, 0.3) is 0 Å². The molecular formula is C51H32N4. The molecule has 0 N–H and O–H groups in total. The predicted molar refractivity (Wildman–Crippen MR) is 228 cm³/mol. The zero-order valence-electron chi connectivity index (χ0n) is 29.8. The van der Waals surface area contributed by atoms with Crippen LogP contribution in [0.15, 0.2) is 194 Å². The average Bonchev–Trinajstić information content (AvgIpc) is 3.59. The molecular weight excluding hydrogens is 669 g/mol. The normalized spacial score (nSPS) is 11.6. The molecule has 2 aromatic heterocycles. The Bertz CT molecular complexity index is 3180. The first-order valence-corrected chi connectivity index (χ1v) is 18.6. The lowest BCUT2D eigenvalue weighted by atomic mass is 9.93. The van der Waals surface area contributed by atoms with Crippen molar-refractivity contribution < 1.29 is 0 Å². The van der Waals surface area contributed by atoms with Gasteiger partial charge in [-0.2, -0.15) is 0 Å².